The van der Waals surface area contributed by atoms with E-state index in [1.165, 1.54) is 0 Å². The lowest BCUT2D eigenvalue weighted by atomic mass is 10.1. The van der Waals surface area contributed by atoms with Gasteiger partial charge >= 0.3 is 0 Å². The normalized spacial score (nSPS) is 16.1. The van der Waals surface area contributed by atoms with Crippen molar-refractivity contribution >= 4 is 40.7 Å². The molecule has 0 bridgehead atoms. The summed E-state index contributed by atoms with van der Waals surface area (Å²) in [5.41, 5.74) is 4.20. The topological polar surface area (TPSA) is 79.5 Å². The SMILES string of the molecule is O=C1CC[C@H](CNc2ccccc2C(=O)NOCc2cc(Cl)ccc2Cl)N1. The first kappa shape index (κ1) is 19.5. The molecule has 1 aliphatic rings. The van der Waals surface area contributed by atoms with Gasteiger partial charge in [0.05, 0.1) is 5.56 Å². The summed E-state index contributed by atoms with van der Waals surface area (Å²) in [5, 5.41) is 7.15. The highest BCUT2D eigenvalue weighted by Gasteiger charge is 2.21. The summed E-state index contributed by atoms with van der Waals surface area (Å²) < 4.78 is 0. The van der Waals surface area contributed by atoms with Crippen molar-refractivity contribution in [2.75, 3.05) is 11.9 Å². The van der Waals surface area contributed by atoms with Crippen molar-refractivity contribution in [2.24, 2.45) is 0 Å². The molecule has 3 rings (SSSR count). The minimum atomic E-state index is -0.383. The van der Waals surface area contributed by atoms with E-state index in [1.54, 1.807) is 36.4 Å². The Kier molecular flexibility index (Phi) is 6.55. The molecule has 1 saturated heterocycles. The van der Waals surface area contributed by atoms with Crippen molar-refractivity contribution < 1.29 is 14.4 Å². The fourth-order valence-electron chi connectivity index (χ4n) is 2.79. The average Bonchev–Trinajstić information content (AvgIpc) is 3.08. The number of hydrogen-bond acceptors (Lipinski definition) is 4. The van der Waals surface area contributed by atoms with E-state index in [1.807, 2.05) is 6.07 Å². The van der Waals surface area contributed by atoms with Gasteiger partial charge in [0.15, 0.2) is 0 Å². The van der Waals surface area contributed by atoms with Crippen LogP contribution >= 0.6 is 23.2 Å². The Hall–Kier alpha value is -2.28. The van der Waals surface area contributed by atoms with Crippen LogP contribution in [0, 0.1) is 0 Å². The largest absolute Gasteiger partial charge is 0.382 e. The molecule has 3 N–H and O–H groups in total. The smallest absolute Gasteiger partial charge is 0.276 e. The fraction of sp³-hybridized carbons (Fsp3) is 0.263. The fourth-order valence-corrected chi connectivity index (χ4v) is 3.15. The van der Waals surface area contributed by atoms with Crippen LogP contribution in [0.15, 0.2) is 42.5 Å². The van der Waals surface area contributed by atoms with Gasteiger partial charge in [0.1, 0.15) is 6.61 Å². The zero-order valence-corrected chi connectivity index (χ0v) is 15.9. The monoisotopic (exact) mass is 407 g/mol. The molecule has 8 heteroatoms. The number of benzene rings is 2. The molecule has 2 aromatic rings. The highest BCUT2D eigenvalue weighted by Crippen LogP contribution is 2.21. The van der Waals surface area contributed by atoms with Crippen LogP contribution in [0.25, 0.3) is 0 Å². The third kappa shape index (κ3) is 5.35. The van der Waals surface area contributed by atoms with Gasteiger partial charge in [-0.2, -0.15) is 0 Å². The Morgan fingerprint density at radius 1 is 1.22 bits per heavy atom. The second kappa shape index (κ2) is 9.08. The maximum atomic E-state index is 12.5. The third-order valence-corrected chi connectivity index (χ3v) is 4.80. The Morgan fingerprint density at radius 2 is 2.04 bits per heavy atom. The molecule has 0 radical (unpaired) electrons. The summed E-state index contributed by atoms with van der Waals surface area (Å²) in [4.78, 5) is 29.0. The van der Waals surface area contributed by atoms with Crippen LogP contribution in [0.3, 0.4) is 0 Å². The molecular weight excluding hydrogens is 389 g/mol. The number of carbonyl (C=O) groups excluding carboxylic acids is 2. The molecule has 0 saturated carbocycles. The lowest BCUT2D eigenvalue weighted by molar-refractivity contribution is -0.119. The zero-order chi connectivity index (χ0) is 19.2. The van der Waals surface area contributed by atoms with Gasteiger partial charge in [0.2, 0.25) is 5.91 Å². The highest BCUT2D eigenvalue weighted by atomic mass is 35.5. The van der Waals surface area contributed by atoms with Gasteiger partial charge in [-0.05, 0) is 36.8 Å². The van der Waals surface area contributed by atoms with Crippen LogP contribution in [0.4, 0.5) is 5.69 Å². The number of para-hydroxylation sites is 1. The van der Waals surface area contributed by atoms with Gasteiger partial charge in [-0.15, -0.1) is 0 Å². The number of amides is 2. The minimum Gasteiger partial charge on any atom is -0.382 e. The van der Waals surface area contributed by atoms with E-state index >= 15 is 0 Å². The van der Waals surface area contributed by atoms with Gasteiger partial charge in [-0.1, -0.05) is 35.3 Å². The summed E-state index contributed by atoms with van der Waals surface area (Å²) in [6.07, 6.45) is 1.32. The Labute approximate surface area is 167 Å². The van der Waals surface area contributed by atoms with E-state index in [0.29, 0.717) is 39.8 Å². The summed E-state index contributed by atoms with van der Waals surface area (Å²) in [7, 11) is 0. The van der Waals surface area contributed by atoms with Crippen molar-refractivity contribution in [3.63, 3.8) is 0 Å². The van der Waals surface area contributed by atoms with Crippen LogP contribution in [-0.2, 0) is 16.2 Å². The van der Waals surface area contributed by atoms with E-state index < -0.39 is 0 Å². The minimum absolute atomic E-state index is 0.0564. The molecule has 27 heavy (non-hydrogen) atoms. The lowest BCUT2D eigenvalue weighted by Gasteiger charge is -2.15. The molecule has 0 unspecified atom stereocenters. The third-order valence-electron chi connectivity index (χ3n) is 4.20. The first-order valence-corrected chi connectivity index (χ1v) is 9.27. The van der Waals surface area contributed by atoms with Crippen molar-refractivity contribution in [1.82, 2.24) is 10.8 Å². The van der Waals surface area contributed by atoms with E-state index in [2.05, 4.69) is 16.1 Å². The van der Waals surface area contributed by atoms with Crippen molar-refractivity contribution in [3.05, 3.63) is 63.6 Å². The molecule has 142 valence electrons. The maximum Gasteiger partial charge on any atom is 0.276 e. The van der Waals surface area contributed by atoms with Gasteiger partial charge in [-0.3, -0.25) is 14.4 Å². The van der Waals surface area contributed by atoms with E-state index in [-0.39, 0.29) is 24.5 Å². The molecule has 1 fully saturated rings. The van der Waals surface area contributed by atoms with Crippen molar-refractivity contribution in [2.45, 2.75) is 25.5 Å². The van der Waals surface area contributed by atoms with E-state index in [0.717, 1.165) is 6.42 Å². The number of hydroxylamine groups is 1. The van der Waals surface area contributed by atoms with E-state index in [9.17, 15) is 9.59 Å². The number of anilines is 1. The van der Waals surface area contributed by atoms with Crippen LogP contribution in [0.5, 0.6) is 0 Å². The molecular formula is C19H19Cl2N3O3. The van der Waals surface area contributed by atoms with Crippen LogP contribution < -0.4 is 16.1 Å². The van der Waals surface area contributed by atoms with Gasteiger partial charge in [-0.25, -0.2) is 5.48 Å². The molecule has 1 heterocycles. The quantitative estimate of drug-likeness (QED) is 0.613. The van der Waals surface area contributed by atoms with Gasteiger partial charge in [0, 0.05) is 40.3 Å². The number of hydrogen-bond donors (Lipinski definition) is 3. The molecule has 1 atom stereocenters. The summed E-state index contributed by atoms with van der Waals surface area (Å²) in [5.74, 6) is -0.326. The first-order chi connectivity index (χ1) is 13.0. The number of nitrogens with one attached hydrogen (secondary N) is 3. The maximum absolute atomic E-state index is 12.5. The molecule has 1 aliphatic heterocycles. The van der Waals surface area contributed by atoms with Crippen LogP contribution in [0.1, 0.15) is 28.8 Å². The molecule has 0 aliphatic carbocycles. The van der Waals surface area contributed by atoms with Crippen LogP contribution in [-0.4, -0.2) is 24.4 Å². The summed E-state index contributed by atoms with van der Waals surface area (Å²) in [6.45, 7) is 0.643. The Morgan fingerprint density at radius 3 is 2.81 bits per heavy atom. The highest BCUT2D eigenvalue weighted by molar-refractivity contribution is 6.33. The second-order valence-corrected chi connectivity index (χ2v) is 7.03. The lowest BCUT2D eigenvalue weighted by Crippen LogP contribution is -2.32. The predicted molar refractivity (Wildman–Crippen MR) is 105 cm³/mol. The molecule has 2 aromatic carbocycles. The van der Waals surface area contributed by atoms with Crippen molar-refractivity contribution in [3.8, 4) is 0 Å². The number of rotatable bonds is 7. The second-order valence-electron chi connectivity index (χ2n) is 6.19. The predicted octanol–water partition coefficient (Wildman–Crippen LogP) is 3.55. The standard InChI is InChI=1S/C19H19Cl2N3O3/c20-13-5-7-16(21)12(9-13)11-27-24-19(26)15-3-1-2-4-17(15)22-10-14-6-8-18(25)23-14/h1-5,7,9,14,22H,6,8,10-11H2,(H,23,25)(H,24,26)/t14-/m1/s1. The molecule has 2 amide bonds. The van der Waals surface area contributed by atoms with E-state index in [4.69, 9.17) is 28.0 Å². The Balaban J connectivity index is 1.56. The van der Waals surface area contributed by atoms with Crippen LogP contribution in [0.2, 0.25) is 10.0 Å². The molecule has 6 nitrogen and oxygen atoms in total. The van der Waals surface area contributed by atoms with Gasteiger partial charge < -0.3 is 10.6 Å². The molecule has 0 aromatic heterocycles. The number of halogens is 2. The zero-order valence-electron chi connectivity index (χ0n) is 14.4. The number of carbonyl (C=O) groups is 2. The Bertz CT molecular complexity index is 845. The molecule has 0 spiro atoms. The summed E-state index contributed by atoms with van der Waals surface area (Å²) in [6, 6.07) is 12.2. The van der Waals surface area contributed by atoms with Gasteiger partial charge in [0.25, 0.3) is 5.91 Å². The van der Waals surface area contributed by atoms with Crippen molar-refractivity contribution in [1.29, 1.82) is 0 Å². The average molecular weight is 408 g/mol. The summed E-state index contributed by atoms with van der Waals surface area (Å²) >= 11 is 12.0. The first-order valence-electron chi connectivity index (χ1n) is 8.51.